The predicted octanol–water partition coefficient (Wildman–Crippen LogP) is 1.05. The van der Waals surface area contributed by atoms with Crippen LogP contribution in [0.25, 0.3) is 22.7 Å². The lowest BCUT2D eigenvalue weighted by molar-refractivity contribution is 0.0913. The summed E-state index contributed by atoms with van der Waals surface area (Å²) in [6, 6.07) is 7.49. The van der Waals surface area contributed by atoms with E-state index in [2.05, 4.69) is 10.1 Å². The number of hydrogen-bond acceptors (Lipinski definition) is 5. The minimum absolute atomic E-state index is 0.0268. The van der Waals surface area contributed by atoms with E-state index in [1.807, 2.05) is 24.3 Å². The molecule has 0 spiro atoms. The molecule has 7 heteroatoms. The summed E-state index contributed by atoms with van der Waals surface area (Å²) < 4.78 is 7.39. The molecule has 19 heavy (non-hydrogen) atoms. The molecule has 0 fully saturated rings. The number of aryl methyl sites for hydroxylation is 1. The summed E-state index contributed by atoms with van der Waals surface area (Å²) in [6.07, 6.45) is 0. The standard InChI is InChI=1S/C12H10N4O3/c1-7(17)16-12(18)19-11(14-16)10-13-8-5-3-4-6-9(8)15(10)2/h3-6H,1-2H3. The summed E-state index contributed by atoms with van der Waals surface area (Å²) in [5, 5.41) is 3.84. The summed E-state index contributed by atoms with van der Waals surface area (Å²) in [7, 11) is 1.79. The van der Waals surface area contributed by atoms with Crippen molar-refractivity contribution in [3.63, 3.8) is 0 Å². The molecule has 0 radical (unpaired) electrons. The number of nitrogens with zero attached hydrogens (tertiary/aromatic N) is 4. The zero-order chi connectivity index (χ0) is 13.6. The largest absolute Gasteiger partial charge is 0.444 e. The number of benzene rings is 1. The number of hydrogen-bond donors (Lipinski definition) is 0. The van der Waals surface area contributed by atoms with E-state index in [9.17, 15) is 9.59 Å². The van der Waals surface area contributed by atoms with Crippen molar-refractivity contribution in [2.45, 2.75) is 6.92 Å². The normalized spacial score (nSPS) is 11.1. The van der Waals surface area contributed by atoms with Gasteiger partial charge in [-0.2, -0.15) is 0 Å². The lowest BCUT2D eigenvalue weighted by Gasteiger charge is -1.96. The SMILES string of the molecule is CC(=O)n1nc(-c2nc3ccccc3n2C)oc1=O. The van der Waals surface area contributed by atoms with Gasteiger partial charge in [-0.15, -0.1) is 9.78 Å². The van der Waals surface area contributed by atoms with Crippen molar-refractivity contribution in [1.29, 1.82) is 0 Å². The quantitative estimate of drug-likeness (QED) is 0.651. The zero-order valence-corrected chi connectivity index (χ0v) is 10.3. The van der Waals surface area contributed by atoms with Gasteiger partial charge in [-0.1, -0.05) is 12.1 Å². The van der Waals surface area contributed by atoms with Gasteiger partial charge >= 0.3 is 5.76 Å². The van der Waals surface area contributed by atoms with Crippen molar-refractivity contribution >= 4 is 16.9 Å². The smallest absolute Gasteiger partial charge is 0.384 e. The Labute approximate surface area is 107 Å². The van der Waals surface area contributed by atoms with Crippen LogP contribution in [0.3, 0.4) is 0 Å². The fraction of sp³-hybridized carbons (Fsp3) is 0.167. The summed E-state index contributed by atoms with van der Waals surface area (Å²) in [4.78, 5) is 27.0. The van der Waals surface area contributed by atoms with Crippen LogP contribution < -0.4 is 5.76 Å². The molecule has 3 aromatic rings. The second-order valence-corrected chi connectivity index (χ2v) is 4.09. The highest BCUT2D eigenvalue weighted by Gasteiger charge is 2.18. The van der Waals surface area contributed by atoms with Crippen molar-refractivity contribution in [3.05, 3.63) is 34.8 Å². The molecular weight excluding hydrogens is 248 g/mol. The maximum Gasteiger partial charge on any atom is 0.444 e. The van der Waals surface area contributed by atoms with E-state index in [0.717, 1.165) is 11.0 Å². The predicted molar refractivity (Wildman–Crippen MR) is 66.8 cm³/mol. The lowest BCUT2D eigenvalue weighted by Crippen LogP contribution is -2.21. The molecule has 96 valence electrons. The van der Waals surface area contributed by atoms with Gasteiger partial charge in [0.15, 0.2) is 5.82 Å². The third kappa shape index (κ3) is 1.67. The van der Waals surface area contributed by atoms with Crippen molar-refractivity contribution < 1.29 is 9.21 Å². The van der Waals surface area contributed by atoms with E-state index in [1.54, 1.807) is 11.6 Å². The fourth-order valence-corrected chi connectivity index (χ4v) is 1.90. The number of carbonyl (C=O) groups excluding carboxylic acids is 1. The Bertz CT molecular complexity index is 840. The lowest BCUT2D eigenvalue weighted by atomic mass is 10.3. The maximum atomic E-state index is 11.5. The number of fused-ring (bicyclic) bond motifs is 1. The molecule has 2 heterocycles. The topological polar surface area (TPSA) is 82.9 Å². The highest BCUT2D eigenvalue weighted by molar-refractivity contribution is 5.79. The molecule has 7 nitrogen and oxygen atoms in total. The Hall–Kier alpha value is -2.70. The van der Waals surface area contributed by atoms with Crippen LogP contribution in [0.1, 0.15) is 11.7 Å². The molecule has 0 aliphatic rings. The van der Waals surface area contributed by atoms with Crippen molar-refractivity contribution in [2.24, 2.45) is 7.05 Å². The van der Waals surface area contributed by atoms with E-state index in [0.29, 0.717) is 10.5 Å². The van der Waals surface area contributed by atoms with Crippen LogP contribution in [-0.4, -0.2) is 25.2 Å². The second-order valence-electron chi connectivity index (χ2n) is 4.09. The molecule has 0 bridgehead atoms. The molecule has 0 atom stereocenters. The molecule has 3 rings (SSSR count). The Balaban J connectivity index is 2.25. The maximum absolute atomic E-state index is 11.5. The van der Waals surface area contributed by atoms with Gasteiger partial charge in [0.2, 0.25) is 5.91 Å². The second kappa shape index (κ2) is 3.91. The van der Waals surface area contributed by atoms with Crippen LogP contribution in [0.4, 0.5) is 0 Å². The molecule has 0 saturated carbocycles. The first-order chi connectivity index (χ1) is 9.08. The van der Waals surface area contributed by atoms with Gasteiger partial charge in [-0.3, -0.25) is 4.79 Å². The first kappa shape index (κ1) is 11.4. The minimum Gasteiger partial charge on any atom is -0.384 e. The monoisotopic (exact) mass is 258 g/mol. The first-order valence-corrected chi connectivity index (χ1v) is 5.61. The van der Waals surface area contributed by atoms with Gasteiger partial charge < -0.3 is 8.98 Å². The molecule has 1 aromatic carbocycles. The molecule has 0 unspecified atom stereocenters. The Kier molecular flexibility index (Phi) is 2.34. The molecule has 2 aromatic heterocycles. The number of rotatable bonds is 1. The summed E-state index contributed by atoms with van der Waals surface area (Å²) in [6.45, 7) is 1.24. The van der Waals surface area contributed by atoms with Gasteiger partial charge in [-0.25, -0.2) is 9.78 Å². The summed E-state index contributed by atoms with van der Waals surface area (Å²) in [5.74, 6) is -0.884. The van der Waals surface area contributed by atoms with Crippen LogP contribution in [0, 0.1) is 0 Å². The number of aromatic nitrogens is 4. The van der Waals surface area contributed by atoms with Gasteiger partial charge in [0, 0.05) is 14.0 Å². The van der Waals surface area contributed by atoms with Gasteiger partial charge in [0.1, 0.15) is 0 Å². The molecule has 0 saturated heterocycles. The van der Waals surface area contributed by atoms with E-state index >= 15 is 0 Å². The van der Waals surface area contributed by atoms with Crippen molar-refractivity contribution in [2.75, 3.05) is 0 Å². The molecular formula is C12H10N4O3. The third-order valence-electron chi connectivity index (χ3n) is 2.82. The van der Waals surface area contributed by atoms with Crippen LogP contribution >= 0.6 is 0 Å². The number of imidazole rings is 1. The molecule has 0 N–H and O–H groups in total. The number of para-hydroxylation sites is 2. The third-order valence-corrected chi connectivity index (χ3v) is 2.82. The van der Waals surface area contributed by atoms with E-state index < -0.39 is 11.7 Å². The first-order valence-electron chi connectivity index (χ1n) is 5.61. The van der Waals surface area contributed by atoms with Crippen LogP contribution in [0.5, 0.6) is 0 Å². The Morgan fingerprint density at radius 3 is 2.68 bits per heavy atom. The van der Waals surface area contributed by atoms with Gasteiger partial charge in [-0.05, 0) is 12.1 Å². The zero-order valence-electron chi connectivity index (χ0n) is 10.3. The van der Waals surface area contributed by atoms with Gasteiger partial charge in [0.25, 0.3) is 5.89 Å². The highest BCUT2D eigenvalue weighted by Crippen LogP contribution is 2.20. The average molecular weight is 258 g/mol. The van der Waals surface area contributed by atoms with Crippen molar-refractivity contribution in [1.82, 2.24) is 19.3 Å². The molecule has 0 amide bonds. The fourth-order valence-electron chi connectivity index (χ4n) is 1.90. The Morgan fingerprint density at radius 1 is 1.32 bits per heavy atom. The van der Waals surface area contributed by atoms with Gasteiger partial charge in [0.05, 0.1) is 11.0 Å². The van der Waals surface area contributed by atoms with Crippen molar-refractivity contribution in [3.8, 4) is 11.7 Å². The Morgan fingerprint density at radius 2 is 2.05 bits per heavy atom. The van der Waals surface area contributed by atoms with Crippen LogP contribution in [-0.2, 0) is 7.05 Å². The summed E-state index contributed by atoms with van der Waals surface area (Å²) in [5.41, 5.74) is 1.65. The number of carbonyl (C=O) groups is 1. The van der Waals surface area contributed by atoms with E-state index in [4.69, 9.17) is 4.42 Å². The van der Waals surface area contributed by atoms with E-state index in [-0.39, 0.29) is 5.89 Å². The minimum atomic E-state index is -0.811. The average Bonchev–Trinajstić information content (AvgIpc) is 2.91. The van der Waals surface area contributed by atoms with E-state index in [1.165, 1.54) is 6.92 Å². The highest BCUT2D eigenvalue weighted by atomic mass is 16.4. The van der Waals surface area contributed by atoms with Crippen LogP contribution in [0.15, 0.2) is 33.5 Å². The molecule has 0 aliphatic heterocycles. The van der Waals surface area contributed by atoms with Crippen LogP contribution in [0.2, 0.25) is 0 Å². The summed E-state index contributed by atoms with van der Waals surface area (Å²) >= 11 is 0. The molecule has 0 aliphatic carbocycles.